The van der Waals surface area contributed by atoms with E-state index >= 15 is 0 Å². The van der Waals surface area contributed by atoms with Crippen molar-refractivity contribution in [3.8, 4) is 0 Å². The van der Waals surface area contributed by atoms with Gasteiger partial charge in [0.15, 0.2) is 0 Å². The molecular formula is C22H46N2OS2. The van der Waals surface area contributed by atoms with Crippen LogP contribution in [-0.4, -0.2) is 30.5 Å². The van der Waals surface area contributed by atoms with Gasteiger partial charge >= 0.3 is 0 Å². The lowest BCUT2D eigenvalue weighted by Crippen LogP contribution is -2.25. The Labute approximate surface area is 177 Å². The number of nitrogens with two attached hydrogens (primary N) is 1. The SMILES string of the molecule is CCCCCCCCCCCCCCCCCC(=O)NCCSSCCN. The van der Waals surface area contributed by atoms with Crippen LogP contribution in [0.15, 0.2) is 0 Å². The third kappa shape index (κ3) is 24.1. The van der Waals surface area contributed by atoms with Crippen molar-refractivity contribution < 1.29 is 4.79 Å². The van der Waals surface area contributed by atoms with Crippen molar-refractivity contribution in [2.75, 3.05) is 24.6 Å². The minimum Gasteiger partial charge on any atom is -0.355 e. The van der Waals surface area contributed by atoms with E-state index in [1.165, 1.54) is 89.9 Å². The monoisotopic (exact) mass is 418 g/mol. The zero-order chi connectivity index (χ0) is 19.8. The minimum absolute atomic E-state index is 0.217. The Bertz CT molecular complexity index is 304. The summed E-state index contributed by atoms with van der Waals surface area (Å²) in [5.41, 5.74) is 5.44. The maximum atomic E-state index is 11.7. The van der Waals surface area contributed by atoms with Gasteiger partial charge in [-0.3, -0.25) is 4.79 Å². The summed E-state index contributed by atoms with van der Waals surface area (Å²) in [5, 5.41) is 3.00. The van der Waals surface area contributed by atoms with Crippen molar-refractivity contribution in [1.29, 1.82) is 0 Å². The second-order valence-corrected chi connectivity index (χ2v) is 10.2. The molecule has 3 nitrogen and oxygen atoms in total. The van der Waals surface area contributed by atoms with Crippen LogP contribution in [0.5, 0.6) is 0 Å². The van der Waals surface area contributed by atoms with Crippen LogP contribution in [0.2, 0.25) is 0 Å². The van der Waals surface area contributed by atoms with Crippen molar-refractivity contribution in [3.05, 3.63) is 0 Å². The molecule has 0 aliphatic carbocycles. The Balaban J connectivity index is 3.10. The van der Waals surface area contributed by atoms with E-state index < -0.39 is 0 Å². The Morgan fingerprint density at radius 1 is 0.704 bits per heavy atom. The second kappa shape index (κ2) is 24.2. The highest BCUT2D eigenvalue weighted by Crippen LogP contribution is 2.19. The molecule has 1 amide bonds. The van der Waals surface area contributed by atoms with E-state index in [1.54, 1.807) is 21.6 Å². The van der Waals surface area contributed by atoms with Crippen molar-refractivity contribution in [1.82, 2.24) is 5.32 Å². The van der Waals surface area contributed by atoms with Crippen LogP contribution in [0.4, 0.5) is 0 Å². The topological polar surface area (TPSA) is 55.1 Å². The van der Waals surface area contributed by atoms with E-state index in [9.17, 15) is 4.79 Å². The standard InChI is InChI=1S/C22H46N2OS2/c1-2-3-4-5-6-7-8-9-10-11-12-13-14-15-16-17-22(25)24-19-21-27-26-20-18-23/h2-21,23H2,1H3,(H,24,25). The molecule has 0 aromatic rings. The lowest BCUT2D eigenvalue weighted by Gasteiger charge is -2.05. The van der Waals surface area contributed by atoms with E-state index in [4.69, 9.17) is 5.73 Å². The summed E-state index contributed by atoms with van der Waals surface area (Å²) in [6.45, 7) is 3.78. The summed E-state index contributed by atoms with van der Waals surface area (Å²) in [6.07, 6.45) is 21.1. The molecule has 0 bridgehead atoms. The average Bonchev–Trinajstić information content (AvgIpc) is 2.67. The lowest BCUT2D eigenvalue weighted by molar-refractivity contribution is -0.121. The summed E-state index contributed by atoms with van der Waals surface area (Å²) in [5.74, 6) is 2.17. The summed E-state index contributed by atoms with van der Waals surface area (Å²) in [7, 11) is 3.58. The zero-order valence-corrected chi connectivity index (χ0v) is 19.6. The molecule has 0 heterocycles. The van der Waals surface area contributed by atoms with Gasteiger partial charge in [-0.25, -0.2) is 0 Å². The molecular weight excluding hydrogens is 372 g/mol. The summed E-state index contributed by atoms with van der Waals surface area (Å²) in [4.78, 5) is 11.7. The molecule has 0 spiro atoms. The van der Waals surface area contributed by atoms with Gasteiger partial charge in [0.1, 0.15) is 0 Å². The summed E-state index contributed by atoms with van der Waals surface area (Å²) >= 11 is 0. The fraction of sp³-hybridized carbons (Fsp3) is 0.955. The fourth-order valence-electron chi connectivity index (χ4n) is 3.14. The number of rotatable bonds is 22. The molecule has 0 unspecified atom stereocenters. The number of carbonyl (C=O) groups excluding carboxylic acids is 1. The van der Waals surface area contributed by atoms with Crippen LogP contribution in [0.1, 0.15) is 110 Å². The van der Waals surface area contributed by atoms with Gasteiger partial charge in [0.25, 0.3) is 0 Å². The van der Waals surface area contributed by atoms with Gasteiger partial charge < -0.3 is 11.1 Å². The van der Waals surface area contributed by atoms with Crippen molar-refractivity contribution in [2.24, 2.45) is 5.73 Å². The third-order valence-corrected chi connectivity index (χ3v) is 7.24. The summed E-state index contributed by atoms with van der Waals surface area (Å²) in [6, 6.07) is 0. The number of carbonyl (C=O) groups is 1. The van der Waals surface area contributed by atoms with Crippen molar-refractivity contribution >= 4 is 27.5 Å². The van der Waals surface area contributed by atoms with Gasteiger partial charge in [-0.2, -0.15) is 0 Å². The highest BCUT2D eigenvalue weighted by Gasteiger charge is 2.00. The van der Waals surface area contributed by atoms with Crippen molar-refractivity contribution in [2.45, 2.75) is 110 Å². The molecule has 0 aromatic heterocycles. The zero-order valence-electron chi connectivity index (χ0n) is 17.9. The Kier molecular flexibility index (Phi) is 24.3. The van der Waals surface area contributed by atoms with Gasteiger partial charge in [-0.1, -0.05) is 118 Å². The number of hydrogen-bond acceptors (Lipinski definition) is 4. The first-order chi connectivity index (χ1) is 13.3. The van der Waals surface area contributed by atoms with Gasteiger partial charge in [0.05, 0.1) is 0 Å². The minimum atomic E-state index is 0.217. The van der Waals surface area contributed by atoms with E-state index in [1.807, 2.05) is 0 Å². The van der Waals surface area contributed by atoms with Crippen LogP contribution in [0, 0.1) is 0 Å². The molecule has 0 aromatic carbocycles. The van der Waals surface area contributed by atoms with E-state index in [0.29, 0.717) is 6.42 Å². The quantitative estimate of drug-likeness (QED) is 0.152. The first-order valence-electron chi connectivity index (χ1n) is 11.5. The highest BCUT2D eigenvalue weighted by molar-refractivity contribution is 8.76. The predicted molar refractivity (Wildman–Crippen MR) is 127 cm³/mol. The predicted octanol–water partition coefficient (Wildman–Crippen LogP) is 6.70. The molecule has 0 saturated carbocycles. The Morgan fingerprint density at radius 2 is 1.15 bits per heavy atom. The molecule has 0 aliphatic heterocycles. The average molecular weight is 419 g/mol. The molecule has 3 N–H and O–H groups in total. The van der Waals surface area contributed by atoms with Gasteiger partial charge in [0.2, 0.25) is 5.91 Å². The molecule has 162 valence electrons. The highest BCUT2D eigenvalue weighted by atomic mass is 33.1. The van der Waals surface area contributed by atoms with Crippen LogP contribution in [0.25, 0.3) is 0 Å². The second-order valence-electron chi connectivity index (χ2n) is 7.48. The fourth-order valence-corrected chi connectivity index (χ4v) is 4.91. The Hall–Kier alpha value is 0.130. The first-order valence-corrected chi connectivity index (χ1v) is 14.0. The van der Waals surface area contributed by atoms with Crippen LogP contribution < -0.4 is 11.1 Å². The van der Waals surface area contributed by atoms with Gasteiger partial charge in [-0.05, 0) is 6.42 Å². The molecule has 0 fully saturated rings. The maximum Gasteiger partial charge on any atom is 0.220 e. The normalized spacial score (nSPS) is 11.0. The molecule has 0 aliphatic rings. The maximum absolute atomic E-state index is 11.7. The molecule has 27 heavy (non-hydrogen) atoms. The number of hydrogen-bond donors (Lipinski definition) is 2. The Morgan fingerprint density at radius 3 is 1.63 bits per heavy atom. The molecule has 0 rings (SSSR count). The number of nitrogens with one attached hydrogen (secondary N) is 1. The molecule has 5 heteroatoms. The number of amides is 1. The lowest BCUT2D eigenvalue weighted by atomic mass is 10.0. The van der Waals surface area contributed by atoms with Crippen LogP contribution in [0.3, 0.4) is 0 Å². The summed E-state index contributed by atoms with van der Waals surface area (Å²) < 4.78 is 0. The van der Waals surface area contributed by atoms with Gasteiger partial charge in [0, 0.05) is 31.0 Å². The van der Waals surface area contributed by atoms with Gasteiger partial charge in [-0.15, -0.1) is 0 Å². The van der Waals surface area contributed by atoms with Crippen molar-refractivity contribution in [3.63, 3.8) is 0 Å². The molecule has 0 saturated heterocycles. The molecule has 0 atom stereocenters. The van der Waals surface area contributed by atoms with Crippen LogP contribution >= 0.6 is 21.6 Å². The largest absolute Gasteiger partial charge is 0.355 e. The molecule has 0 radical (unpaired) electrons. The first kappa shape index (κ1) is 27.1. The number of unbranched alkanes of at least 4 members (excludes halogenated alkanes) is 14. The van der Waals surface area contributed by atoms with E-state index in [0.717, 1.165) is 31.0 Å². The smallest absolute Gasteiger partial charge is 0.220 e. The van der Waals surface area contributed by atoms with E-state index in [-0.39, 0.29) is 5.91 Å². The van der Waals surface area contributed by atoms with Crippen LogP contribution in [-0.2, 0) is 4.79 Å². The van der Waals surface area contributed by atoms with E-state index in [2.05, 4.69) is 12.2 Å². The third-order valence-electron chi connectivity index (χ3n) is 4.80.